The predicted molar refractivity (Wildman–Crippen MR) is 79.8 cm³/mol. The predicted octanol–water partition coefficient (Wildman–Crippen LogP) is 0.780. The minimum atomic E-state index is -3.08. The van der Waals surface area contributed by atoms with Gasteiger partial charge in [-0.2, -0.15) is 0 Å². The summed E-state index contributed by atoms with van der Waals surface area (Å²) in [4.78, 5) is 2.51. The number of hydrogen-bond donors (Lipinski definition) is 2. The first-order valence-corrected chi connectivity index (χ1v) is 9.15. The number of nitrogens with zero attached hydrogens (tertiary/aromatic N) is 1. The van der Waals surface area contributed by atoms with Gasteiger partial charge in [0.15, 0.2) is 0 Å². The van der Waals surface area contributed by atoms with E-state index in [9.17, 15) is 8.42 Å². The molecule has 114 valence electrons. The Morgan fingerprint density at radius 3 is 2.68 bits per heavy atom. The molecule has 1 atom stereocenters. The second kappa shape index (κ2) is 8.89. The molecule has 1 unspecified atom stereocenters. The molecular formula is C13H29N3O2S. The van der Waals surface area contributed by atoms with Gasteiger partial charge >= 0.3 is 0 Å². The van der Waals surface area contributed by atoms with Crippen molar-refractivity contribution >= 4 is 10.0 Å². The topological polar surface area (TPSA) is 61.4 Å². The molecule has 0 aliphatic carbocycles. The second-order valence-electron chi connectivity index (χ2n) is 5.24. The minimum Gasteiger partial charge on any atom is -0.313 e. The third-order valence-corrected chi connectivity index (χ3v) is 5.00. The van der Waals surface area contributed by atoms with Gasteiger partial charge in [0.25, 0.3) is 0 Å². The highest BCUT2D eigenvalue weighted by atomic mass is 32.2. The van der Waals surface area contributed by atoms with Crippen LogP contribution >= 0.6 is 0 Å². The fraction of sp³-hybridized carbons (Fsp3) is 1.00. The largest absolute Gasteiger partial charge is 0.313 e. The molecule has 0 aromatic carbocycles. The summed E-state index contributed by atoms with van der Waals surface area (Å²) in [5, 5.41) is 3.39. The Morgan fingerprint density at radius 2 is 2.00 bits per heavy atom. The van der Waals surface area contributed by atoms with Crippen LogP contribution in [0.1, 0.15) is 39.5 Å². The summed E-state index contributed by atoms with van der Waals surface area (Å²) in [5.74, 6) is 0.177. The highest BCUT2D eigenvalue weighted by molar-refractivity contribution is 7.89. The quantitative estimate of drug-likeness (QED) is 0.694. The Balaban J connectivity index is 2.23. The van der Waals surface area contributed by atoms with Crippen molar-refractivity contribution < 1.29 is 8.42 Å². The van der Waals surface area contributed by atoms with Crippen molar-refractivity contribution in [2.24, 2.45) is 0 Å². The number of rotatable bonds is 8. The van der Waals surface area contributed by atoms with Crippen LogP contribution in [0.5, 0.6) is 0 Å². The van der Waals surface area contributed by atoms with Crippen molar-refractivity contribution in [3.63, 3.8) is 0 Å². The van der Waals surface area contributed by atoms with Crippen LogP contribution in [-0.4, -0.2) is 57.8 Å². The minimum absolute atomic E-state index is 0.177. The van der Waals surface area contributed by atoms with Gasteiger partial charge in [0.2, 0.25) is 10.0 Å². The maximum absolute atomic E-state index is 11.5. The van der Waals surface area contributed by atoms with Crippen LogP contribution in [0.4, 0.5) is 0 Å². The van der Waals surface area contributed by atoms with Crippen LogP contribution in [-0.2, 0) is 10.0 Å². The van der Waals surface area contributed by atoms with Crippen molar-refractivity contribution in [3.8, 4) is 0 Å². The molecular weight excluding hydrogens is 262 g/mol. The van der Waals surface area contributed by atoms with E-state index in [2.05, 4.69) is 21.9 Å². The van der Waals surface area contributed by atoms with E-state index in [4.69, 9.17) is 0 Å². The van der Waals surface area contributed by atoms with Gasteiger partial charge in [-0.05, 0) is 45.3 Å². The molecule has 1 aliphatic heterocycles. The number of hydrogen-bond acceptors (Lipinski definition) is 4. The van der Waals surface area contributed by atoms with Gasteiger partial charge in [-0.3, -0.25) is 0 Å². The molecule has 0 bridgehead atoms. The Bertz CT molecular complexity index is 333. The maximum atomic E-state index is 11.5. The monoisotopic (exact) mass is 291 g/mol. The van der Waals surface area contributed by atoms with Crippen LogP contribution in [0, 0.1) is 0 Å². The number of nitrogens with one attached hydrogen (secondary N) is 2. The molecule has 5 nitrogen and oxygen atoms in total. The zero-order valence-corrected chi connectivity index (χ0v) is 13.1. The van der Waals surface area contributed by atoms with Gasteiger partial charge in [0.1, 0.15) is 0 Å². The zero-order valence-electron chi connectivity index (χ0n) is 12.3. The fourth-order valence-corrected chi connectivity index (χ4v) is 3.56. The van der Waals surface area contributed by atoms with E-state index in [-0.39, 0.29) is 5.75 Å². The molecule has 1 saturated heterocycles. The molecule has 1 heterocycles. The van der Waals surface area contributed by atoms with Crippen LogP contribution in [0.15, 0.2) is 0 Å². The van der Waals surface area contributed by atoms with Crippen LogP contribution < -0.4 is 10.0 Å². The van der Waals surface area contributed by atoms with E-state index in [1.165, 1.54) is 25.9 Å². The molecule has 0 spiro atoms. The lowest BCUT2D eigenvalue weighted by Gasteiger charge is -2.19. The molecule has 1 aliphatic rings. The van der Waals surface area contributed by atoms with Gasteiger partial charge < -0.3 is 10.2 Å². The average molecular weight is 291 g/mol. The summed E-state index contributed by atoms with van der Waals surface area (Å²) in [6.07, 6.45) is 4.69. The highest BCUT2D eigenvalue weighted by Gasteiger charge is 2.16. The summed E-state index contributed by atoms with van der Waals surface area (Å²) < 4.78 is 25.6. The molecule has 1 rings (SSSR count). The lowest BCUT2D eigenvalue weighted by Crippen LogP contribution is -2.37. The van der Waals surface area contributed by atoms with Gasteiger partial charge in [0, 0.05) is 19.1 Å². The van der Waals surface area contributed by atoms with E-state index in [1.807, 2.05) is 0 Å². The first-order valence-electron chi connectivity index (χ1n) is 7.50. The smallest absolute Gasteiger partial charge is 0.212 e. The standard InChI is InChI=1S/C13H29N3O2S/c1-3-9-16-10-5-6-13(7-11-16)14-8-12-19(17,18)15-4-2/h13-15H,3-12H2,1-2H3. The molecule has 0 aromatic rings. The first kappa shape index (κ1) is 16.9. The van der Waals surface area contributed by atoms with E-state index in [0.717, 1.165) is 19.4 Å². The highest BCUT2D eigenvalue weighted by Crippen LogP contribution is 2.11. The van der Waals surface area contributed by atoms with Crippen molar-refractivity contribution in [2.75, 3.05) is 38.5 Å². The molecule has 0 saturated carbocycles. The lowest BCUT2D eigenvalue weighted by atomic mass is 10.1. The maximum Gasteiger partial charge on any atom is 0.212 e. The third-order valence-electron chi connectivity index (χ3n) is 3.53. The third kappa shape index (κ3) is 7.25. The second-order valence-corrected chi connectivity index (χ2v) is 7.17. The lowest BCUT2D eigenvalue weighted by molar-refractivity contribution is 0.283. The Hall–Kier alpha value is -0.170. The average Bonchev–Trinajstić information content (AvgIpc) is 2.55. The van der Waals surface area contributed by atoms with Crippen LogP contribution in [0.25, 0.3) is 0 Å². The molecule has 2 N–H and O–H groups in total. The van der Waals surface area contributed by atoms with Gasteiger partial charge in [-0.25, -0.2) is 13.1 Å². The first-order chi connectivity index (χ1) is 9.07. The number of sulfonamides is 1. The molecule has 0 radical (unpaired) electrons. The summed E-state index contributed by atoms with van der Waals surface area (Å²) in [6, 6.07) is 0.471. The van der Waals surface area contributed by atoms with Crippen molar-refractivity contribution in [1.29, 1.82) is 0 Å². The van der Waals surface area contributed by atoms with Crippen molar-refractivity contribution in [2.45, 2.75) is 45.6 Å². The fourth-order valence-electron chi connectivity index (χ4n) is 2.59. The van der Waals surface area contributed by atoms with E-state index in [1.54, 1.807) is 6.92 Å². The molecule has 6 heteroatoms. The van der Waals surface area contributed by atoms with Crippen molar-refractivity contribution in [3.05, 3.63) is 0 Å². The Labute approximate surface area is 118 Å². The SMILES string of the molecule is CCCN1CCCC(NCCS(=O)(=O)NCC)CC1. The summed E-state index contributed by atoms with van der Waals surface area (Å²) in [6.45, 7) is 8.53. The van der Waals surface area contributed by atoms with Crippen LogP contribution in [0.2, 0.25) is 0 Å². The Kier molecular flexibility index (Phi) is 7.90. The van der Waals surface area contributed by atoms with Gasteiger partial charge in [-0.1, -0.05) is 13.8 Å². The molecule has 1 fully saturated rings. The summed E-state index contributed by atoms with van der Waals surface area (Å²) in [7, 11) is -3.08. The zero-order chi connectivity index (χ0) is 14.1. The van der Waals surface area contributed by atoms with Crippen molar-refractivity contribution in [1.82, 2.24) is 14.9 Å². The summed E-state index contributed by atoms with van der Waals surface area (Å²) >= 11 is 0. The molecule has 19 heavy (non-hydrogen) atoms. The van der Waals surface area contributed by atoms with Crippen LogP contribution in [0.3, 0.4) is 0 Å². The van der Waals surface area contributed by atoms with E-state index >= 15 is 0 Å². The van der Waals surface area contributed by atoms with E-state index in [0.29, 0.717) is 19.1 Å². The normalized spacial score (nSPS) is 22.3. The molecule has 0 amide bonds. The summed E-state index contributed by atoms with van der Waals surface area (Å²) in [5.41, 5.74) is 0. The Morgan fingerprint density at radius 1 is 1.21 bits per heavy atom. The van der Waals surface area contributed by atoms with E-state index < -0.39 is 10.0 Å². The molecule has 0 aromatic heterocycles. The van der Waals surface area contributed by atoms with Gasteiger partial charge in [0.05, 0.1) is 5.75 Å². The van der Waals surface area contributed by atoms with Gasteiger partial charge in [-0.15, -0.1) is 0 Å². The number of likely N-dealkylation sites (tertiary alicyclic amines) is 1.